The van der Waals surface area contributed by atoms with Crippen molar-refractivity contribution in [3.63, 3.8) is 0 Å². The van der Waals surface area contributed by atoms with Crippen molar-refractivity contribution >= 4 is 39.4 Å². The van der Waals surface area contributed by atoms with Gasteiger partial charge in [-0.05, 0) is 43.2 Å². The number of rotatable bonds is 6. The highest BCUT2D eigenvalue weighted by Gasteiger charge is 2.45. The Morgan fingerprint density at radius 1 is 1.10 bits per heavy atom. The topological polar surface area (TPSA) is 117 Å². The number of urea groups is 1. The molecule has 0 spiro atoms. The van der Waals surface area contributed by atoms with Crippen LogP contribution in [0.3, 0.4) is 0 Å². The molecule has 2 atom stereocenters. The Morgan fingerprint density at radius 3 is 2.48 bits per heavy atom. The SMILES string of the molecule is CC(C)Oc1cc([N+](=O)[O-])ccc1C1=NC(c2ccccc2)C(c2ccc(Br)cc2)N1C(=O)N1CCNC(=O)C1. The first kappa shape index (κ1) is 27.3. The average Bonchev–Trinajstić information content (AvgIpc) is 3.33. The van der Waals surface area contributed by atoms with E-state index >= 15 is 0 Å². The quantitative estimate of drug-likeness (QED) is 0.304. The second kappa shape index (κ2) is 11.5. The number of amides is 3. The highest BCUT2D eigenvalue weighted by atomic mass is 79.9. The molecule has 1 saturated heterocycles. The van der Waals surface area contributed by atoms with Crippen LogP contribution in [-0.4, -0.2) is 58.2 Å². The van der Waals surface area contributed by atoms with Crippen LogP contribution in [0.15, 0.2) is 82.3 Å². The van der Waals surface area contributed by atoms with E-state index < -0.39 is 17.0 Å². The highest BCUT2D eigenvalue weighted by molar-refractivity contribution is 9.10. The predicted molar refractivity (Wildman–Crippen MR) is 153 cm³/mol. The first-order valence-electron chi connectivity index (χ1n) is 12.9. The van der Waals surface area contributed by atoms with Gasteiger partial charge in [0, 0.05) is 23.6 Å². The number of hydrogen-bond acceptors (Lipinski definition) is 6. The summed E-state index contributed by atoms with van der Waals surface area (Å²) in [7, 11) is 0. The molecule has 40 heavy (non-hydrogen) atoms. The van der Waals surface area contributed by atoms with E-state index in [0.29, 0.717) is 24.5 Å². The number of piperazine rings is 1. The van der Waals surface area contributed by atoms with Crippen molar-refractivity contribution in [2.24, 2.45) is 4.99 Å². The van der Waals surface area contributed by atoms with E-state index in [1.54, 1.807) is 11.0 Å². The maximum absolute atomic E-state index is 14.3. The summed E-state index contributed by atoms with van der Waals surface area (Å²) >= 11 is 3.49. The third-order valence-corrected chi connectivity index (χ3v) is 7.24. The van der Waals surface area contributed by atoms with Gasteiger partial charge in [-0.1, -0.05) is 58.4 Å². The van der Waals surface area contributed by atoms with Crippen LogP contribution in [0.5, 0.6) is 5.75 Å². The molecular formula is C29H28BrN5O5. The number of nitro groups is 1. The normalized spacial score (nSPS) is 18.9. The number of nitrogens with zero attached hydrogens (tertiary/aromatic N) is 4. The van der Waals surface area contributed by atoms with Crippen LogP contribution >= 0.6 is 15.9 Å². The first-order valence-corrected chi connectivity index (χ1v) is 13.7. The predicted octanol–water partition coefficient (Wildman–Crippen LogP) is 5.24. The monoisotopic (exact) mass is 605 g/mol. The Kier molecular flexibility index (Phi) is 7.83. The number of nitro benzene ring substituents is 1. The van der Waals surface area contributed by atoms with Crippen LogP contribution in [-0.2, 0) is 4.79 Å². The van der Waals surface area contributed by atoms with Crippen LogP contribution in [0.2, 0.25) is 0 Å². The molecule has 1 fully saturated rings. The number of hydrogen-bond donors (Lipinski definition) is 1. The largest absolute Gasteiger partial charge is 0.490 e. The van der Waals surface area contributed by atoms with Gasteiger partial charge in [-0.3, -0.25) is 24.8 Å². The molecule has 5 rings (SSSR count). The molecule has 0 bridgehead atoms. The van der Waals surface area contributed by atoms with E-state index in [1.807, 2.05) is 68.4 Å². The number of halogens is 1. The molecule has 0 aromatic heterocycles. The molecule has 11 heteroatoms. The van der Waals surface area contributed by atoms with Gasteiger partial charge in [-0.2, -0.15) is 0 Å². The van der Waals surface area contributed by atoms with Gasteiger partial charge in [-0.25, -0.2) is 4.79 Å². The van der Waals surface area contributed by atoms with E-state index in [4.69, 9.17) is 9.73 Å². The lowest BCUT2D eigenvalue weighted by molar-refractivity contribution is -0.384. The van der Waals surface area contributed by atoms with Crippen molar-refractivity contribution in [1.82, 2.24) is 15.1 Å². The molecule has 0 aliphatic carbocycles. The second-order valence-corrected chi connectivity index (χ2v) is 10.7. The van der Waals surface area contributed by atoms with E-state index in [-0.39, 0.29) is 36.0 Å². The second-order valence-electron chi connectivity index (χ2n) is 9.83. The Balaban J connectivity index is 1.71. The van der Waals surface area contributed by atoms with Crippen molar-refractivity contribution in [2.45, 2.75) is 32.0 Å². The van der Waals surface area contributed by atoms with Gasteiger partial charge >= 0.3 is 6.03 Å². The summed E-state index contributed by atoms with van der Waals surface area (Å²) < 4.78 is 6.92. The zero-order valence-electron chi connectivity index (χ0n) is 22.0. The van der Waals surface area contributed by atoms with Gasteiger partial charge < -0.3 is 15.0 Å². The number of non-ortho nitro benzene ring substituents is 1. The van der Waals surface area contributed by atoms with Crippen molar-refractivity contribution in [3.8, 4) is 5.75 Å². The Hall–Kier alpha value is -4.25. The van der Waals surface area contributed by atoms with Crippen molar-refractivity contribution in [1.29, 1.82) is 0 Å². The van der Waals surface area contributed by atoms with Crippen LogP contribution in [0.1, 0.15) is 42.6 Å². The summed E-state index contributed by atoms with van der Waals surface area (Å²) in [5.41, 5.74) is 2.06. The summed E-state index contributed by atoms with van der Waals surface area (Å²) in [5.74, 6) is 0.333. The number of aliphatic imine (C=N–C) groups is 1. The zero-order valence-corrected chi connectivity index (χ0v) is 23.6. The maximum Gasteiger partial charge on any atom is 0.326 e. The van der Waals surface area contributed by atoms with E-state index in [9.17, 15) is 19.7 Å². The van der Waals surface area contributed by atoms with Crippen LogP contribution in [0.4, 0.5) is 10.5 Å². The fraction of sp³-hybridized carbons (Fsp3) is 0.276. The number of amidine groups is 1. The molecule has 3 aromatic carbocycles. The first-order chi connectivity index (χ1) is 19.2. The molecule has 1 N–H and O–H groups in total. The average molecular weight is 606 g/mol. The fourth-order valence-corrected chi connectivity index (χ4v) is 5.22. The molecule has 2 aliphatic heterocycles. The lowest BCUT2D eigenvalue weighted by atomic mass is 9.94. The third kappa shape index (κ3) is 5.55. The van der Waals surface area contributed by atoms with Gasteiger partial charge in [0.2, 0.25) is 5.91 Å². The minimum absolute atomic E-state index is 0.0821. The Bertz CT molecular complexity index is 1460. The van der Waals surface area contributed by atoms with Gasteiger partial charge in [0.05, 0.1) is 28.7 Å². The fourth-order valence-electron chi connectivity index (χ4n) is 4.96. The molecule has 10 nitrogen and oxygen atoms in total. The lowest BCUT2D eigenvalue weighted by Gasteiger charge is -2.35. The smallest absolute Gasteiger partial charge is 0.326 e. The minimum Gasteiger partial charge on any atom is -0.490 e. The van der Waals surface area contributed by atoms with Crippen LogP contribution in [0.25, 0.3) is 0 Å². The summed E-state index contributed by atoms with van der Waals surface area (Å²) in [4.78, 5) is 45.9. The number of nitrogens with one attached hydrogen (secondary N) is 1. The summed E-state index contributed by atoms with van der Waals surface area (Å²) in [6, 6.07) is 20.3. The number of carbonyl (C=O) groups excluding carboxylic acids is 2. The highest BCUT2D eigenvalue weighted by Crippen LogP contribution is 2.45. The van der Waals surface area contributed by atoms with E-state index in [0.717, 1.165) is 15.6 Å². The van der Waals surface area contributed by atoms with Gasteiger partial charge in [-0.15, -0.1) is 0 Å². The van der Waals surface area contributed by atoms with Gasteiger partial charge in [0.15, 0.2) is 0 Å². The van der Waals surface area contributed by atoms with E-state index in [2.05, 4.69) is 21.2 Å². The number of ether oxygens (including phenoxy) is 1. The van der Waals surface area contributed by atoms with E-state index in [1.165, 1.54) is 17.0 Å². The van der Waals surface area contributed by atoms with Crippen LogP contribution < -0.4 is 10.1 Å². The van der Waals surface area contributed by atoms with Crippen molar-refractivity contribution < 1.29 is 19.2 Å². The molecule has 2 unspecified atom stereocenters. The Labute approximate surface area is 239 Å². The summed E-state index contributed by atoms with van der Waals surface area (Å²) in [6.45, 7) is 4.25. The number of carbonyl (C=O) groups is 2. The van der Waals surface area contributed by atoms with Crippen molar-refractivity contribution in [2.75, 3.05) is 19.6 Å². The zero-order chi connectivity index (χ0) is 28.4. The molecule has 0 radical (unpaired) electrons. The molecule has 2 aliphatic rings. The standard InChI is InChI=1S/C29H28BrN5O5/c1-18(2)40-24-16-22(35(38)39)12-13-23(24)28-32-26(19-6-4-3-5-7-19)27(20-8-10-21(30)11-9-20)34(28)29(37)33-15-14-31-25(36)17-33/h3-13,16,18,26-27H,14-15,17H2,1-2H3,(H,31,36). The van der Waals surface area contributed by atoms with Gasteiger partial charge in [0.1, 0.15) is 24.2 Å². The van der Waals surface area contributed by atoms with Crippen LogP contribution in [0, 0.1) is 10.1 Å². The van der Waals surface area contributed by atoms with Gasteiger partial charge in [0.25, 0.3) is 5.69 Å². The lowest BCUT2D eigenvalue weighted by Crippen LogP contribution is -2.55. The number of benzene rings is 3. The Morgan fingerprint density at radius 2 is 1.82 bits per heavy atom. The van der Waals surface area contributed by atoms with Crippen molar-refractivity contribution in [3.05, 3.63) is 104 Å². The molecule has 206 valence electrons. The maximum atomic E-state index is 14.3. The summed E-state index contributed by atoms with van der Waals surface area (Å²) in [5, 5.41) is 14.4. The summed E-state index contributed by atoms with van der Waals surface area (Å²) in [6.07, 6.45) is -0.287. The molecule has 3 amide bonds. The molecule has 2 heterocycles. The third-order valence-electron chi connectivity index (χ3n) is 6.71. The molecular weight excluding hydrogens is 578 g/mol. The minimum atomic E-state index is -0.551. The molecule has 3 aromatic rings. The molecule has 0 saturated carbocycles.